The van der Waals surface area contributed by atoms with Crippen molar-refractivity contribution in [2.45, 2.75) is 9.83 Å². The van der Waals surface area contributed by atoms with Crippen molar-refractivity contribution in [3.8, 4) is 0 Å². The topological polar surface area (TPSA) is 46.5 Å². The SMILES string of the molecule is O=[PH](O)OC(Sc1ccc(Cl)cc1)(c1ccccc1)c1ccccc1. The van der Waals surface area contributed by atoms with Gasteiger partial charge in [0.15, 0.2) is 4.93 Å². The maximum absolute atomic E-state index is 11.7. The van der Waals surface area contributed by atoms with Gasteiger partial charge < -0.3 is 4.89 Å². The molecule has 3 aromatic carbocycles. The molecule has 0 aromatic heterocycles. The average molecular weight is 391 g/mol. The van der Waals surface area contributed by atoms with Crippen molar-refractivity contribution in [2.24, 2.45) is 0 Å². The third-order valence-electron chi connectivity index (χ3n) is 3.61. The molecule has 0 aliphatic carbocycles. The molecule has 1 unspecified atom stereocenters. The van der Waals surface area contributed by atoms with E-state index in [1.807, 2.05) is 72.8 Å². The van der Waals surface area contributed by atoms with E-state index in [2.05, 4.69) is 0 Å². The molecule has 25 heavy (non-hydrogen) atoms. The molecule has 1 N–H and O–H groups in total. The van der Waals surface area contributed by atoms with Gasteiger partial charge in [0.05, 0.1) is 0 Å². The first-order chi connectivity index (χ1) is 12.1. The molecule has 1 atom stereocenters. The predicted octanol–water partition coefficient (Wildman–Crippen LogP) is 5.73. The highest BCUT2D eigenvalue weighted by Crippen LogP contribution is 2.51. The highest BCUT2D eigenvalue weighted by molar-refractivity contribution is 8.00. The van der Waals surface area contributed by atoms with Crippen molar-refractivity contribution in [1.82, 2.24) is 0 Å². The van der Waals surface area contributed by atoms with Gasteiger partial charge in [-0.25, -0.2) is 0 Å². The fourth-order valence-corrected chi connectivity index (χ4v) is 4.63. The Morgan fingerprint density at radius 1 is 0.840 bits per heavy atom. The standard InChI is InChI=1S/C19H16ClO3PS/c20-17-11-13-18(14-12-17)25-19(23-24(21)22,15-7-3-1-4-8-15)16-9-5-2-6-10-16/h1-14,24H,(H,21,22). The largest absolute Gasteiger partial charge is 0.326 e. The molecule has 6 heteroatoms. The average Bonchev–Trinajstić information content (AvgIpc) is 2.64. The number of halogens is 1. The summed E-state index contributed by atoms with van der Waals surface area (Å²) in [5.41, 5.74) is 1.57. The molecule has 0 bridgehead atoms. The molecule has 3 rings (SSSR count). The van der Waals surface area contributed by atoms with Crippen molar-refractivity contribution in [3.63, 3.8) is 0 Å². The lowest BCUT2D eigenvalue weighted by molar-refractivity contribution is 0.194. The van der Waals surface area contributed by atoms with E-state index in [1.54, 1.807) is 12.1 Å². The molecule has 0 spiro atoms. The second kappa shape index (κ2) is 8.22. The van der Waals surface area contributed by atoms with E-state index < -0.39 is 13.2 Å². The lowest BCUT2D eigenvalue weighted by Crippen LogP contribution is -2.25. The van der Waals surface area contributed by atoms with E-state index in [4.69, 9.17) is 16.1 Å². The van der Waals surface area contributed by atoms with Crippen LogP contribution in [-0.2, 0) is 14.0 Å². The first kappa shape index (κ1) is 18.2. The smallest absolute Gasteiger partial charge is 0.318 e. The monoisotopic (exact) mass is 390 g/mol. The van der Waals surface area contributed by atoms with Crippen LogP contribution in [0.15, 0.2) is 89.8 Å². The Balaban J connectivity index is 2.17. The molecule has 0 radical (unpaired) electrons. The Kier molecular flexibility index (Phi) is 6.00. The highest BCUT2D eigenvalue weighted by atomic mass is 35.5. The van der Waals surface area contributed by atoms with Crippen LogP contribution in [-0.4, -0.2) is 4.89 Å². The third-order valence-corrected chi connectivity index (χ3v) is 5.84. The minimum Gasteiger partial charge on any atom is -0.326 e. The van der Waals surface area contributed by atoms with Crippen LogP contribution in [0.2, 0.25) is 5.02 Å². The molecule has 0 amide bonds. The Morgan fingerprint density at radius 2 is 1.32 bits per heavy atom. The molecule has 0 fully saturated rings. The van der Waals surface area contributed by atoms with Crippen LogP contribution in [0.4, 0.5) is 0 Å². The molecule has 0 saturated heterocycles. The maximum atomic E-state index is 11.7. The normalized spacial score (nSPS) is 12.7. The summed E-state index contributed by atoms with van der Waals surface area (Å²) in [6, 6.07) is 26.2. The highest BCUT2D eigenvalue weighted by Gasteiger charge is 2.38. The minimum absolute atomic E-state index is 0.631. The summed E-state index contributed by atoms with van der Waals surface area (Å²) in [6.07, 6.45) is 0. The van der Waals surface area contributed by atoms with E-state index in [9.17, 15) is 9.46 Å². The fraction of sp³-hybridized carbons (Fsp3) is 0.0526. The van der Waals surface area contributed by atoms with E-state index in [-0.39, 0.29) is 0 Å². The van der Waals surface area contributed by atoms with Crippen molar-refractivity contribution in [3.05, 3.63) is 101 Å². The zero-order chi connectivity index (χ0) is 17.7. The quantitative estimate of drug-likeness (QED) is 0.331. The maximum Gasteiger partial charge on any atom is 0.318 e. The number of thioether (sulfide) groups is 1. The van der Waals surface area contributed by atoms with Crippen LogP contribution in [0.25, 0.3) is 0 Å². The second-order valence-corrected chi connectivity index (χ2v) is 7.70. The van der Waals surface area contributed by atoms with Gasteiger partial charge >= 0.3 is 8.25 Å². The lowest BCUT2D eigenvalue weighted by atomic mass is 10.0. The van der Waals surface area contributed by atoms with Crippen LogP contribution >= 0.6 is 31.6 Å². The van der Waals surface area contributed by atoms with Crippen LogP contribution in [0.3, 0.4) is 0 Å². The van der Waals surface area contributed by atoms with Gasteiger partial charge in [-0.1, -0.05) is 84.0 Å². The van der Waals surface area contributed by atoms with Crippen LogP contribution < -0.4 is 0 Å². The molecule has 0 heterocycles. The molecular formula is C19H16ClO3PS. The first-order valence-corrected chi connectivity index (χ1v) is 10.0. The van der Waals surface area contributed by atoms with Gasteiger partial charge in [0.1, 0.15) is 0 Å². The lowest BCUT2D eigenvalue weighted by Gasteiger charge is -2.33. The number of rotatable bonds is 6. The van der Waals surface area contributed by atoms with Gasteiger partial charge in [-0.15, -0.1) is 0 Å². The molecule has 0 aliphatic heterocycles. The van der Waals surface area contributed by atoms with Gasteiger partial charge in [0.2, 0.25) is 0 Å². The number of hydrogen-bond donors (Lipinski definition) is 1. The van der Waals surface area contributed by atoms with E-state index in [1.165, 1.54) is 11.8 Å². The summed E-state index contributed by atoms with van der Waals surface area (Å²) in [5, 5.41) is 0.631. The summed E-state index contributed by atoms with van der Waals surface area (Å²) in [7, 11) is -3.21. The van der Waals surface area contributed by atoms with Crippen LogP contribution in [0, 0.1) is 0 Å². The second-order valence-electron chi connectivity index (χ2n) is 5.27. The fourth-order valence-electron chi connectivity index (χ4n) is 2.53. The van der Waals surface area contributed by atoms with Crippen molar-refractivity contribution in [1.29, 1.82) is 0 Å². The molecule has 0 saturated carbocycles. The van der Waals surface area contributed by atoms with Crippen LogP contribution in [0.5, 0.6) is 0 Å². The van der Waals surface area contributed by atoms with Crippen molar-refractivity contribution < 1.29 is 14.0 Å². The summed E-state index contributed by atoms with van der Waals surface area (Å²) in [4.78, 5) is 9.36. The van der Waals surface area contributed by atoms with Gasteiger partial charge in [0, 0.05) is 9.92 Å². The summed E-state index contributed by atoms with van der Waals surface area (Å²) in [6.45, 7) is 0. The molecule has 128 valence electrons. The molecule has 3 nitrogen and oxygen atoms in total. The Bertz CT molecular complexity index is 802. The van der Waals surface area contributed by atoms with Gasteiger partial charge in [-0.3, -0.25) is 9.09 Å². The number of benzene rings is 3. The molecular weight excluding hydrogens is 375 g/mol. The minimum atomic E-state index is -3.21. The van der Waals surface area contributed by atoms with Crippen molar-refractivity contribution in [2.75, 3.05) is 0 Å². The van der Waals surface area contributed by atoms with Crippen molar-refractivity contribution >= 4 is 31.6 Å². The first-order valence-electron chi connectivity index (χ1n) is 7.58. The zero-order valence-electron chi connectivity index (χ0n) is 13.1. The predicted molar refractivity (Wildman–Crippen MR) is 103 cm³/mol. The zero-order valence-corrected chi connectivity index (χ0v) is 15.7. The Hall–Kier alpha value is -1.55. The number of hydrogen-bond acceptors (Lipinski definition) is 3. The summed E-state index contributed by atoms with van der Waals surface area (Å²) >= 11 is 7.34. The Morgan fingerprint density at radius 3 is 1.76 bits per heavy atom. The van der Waals surface area contributed by atoms with E-state index in [0.717, 1.165) is 16.0 Å². The van der Waals surface area contributed by atoms with Gasteiger partial charge in [-0.05, 0) is 35.4 Å². The molecule has 0 aliphatic rings. The van der Waals surface area contributed by atoms with Gasteiger partial charge in [-0.2, -0.15) is 0 Å². The third kappa shape index (κ3) is 4.35. The summed E-state index contributed by atoms with van der Waals surface area (Å²) in [5.74, 6) is 0. The van der Waals surface area contributed by atoms with Gasteiger partial charge in [0.25, 0.3) is 0 Å². The van der Waals surface area contributed by atoms with E-state index >= 15 is 0 Å². The Labute approximate surface area is 156 Å². The van der Waals surface area contributed by atoms with E-state index in [0.29, 0.717) is 5.02 Å². The van der Waals surface area contributed by atoms with Crippen LogP contribution in [0.1, 0.15) is 11.1 Å². The summed E-state index contributed by atoms with van der Waals surface area (Å²) < 4.78 is 17.4. The molecule has 3 aromatic rings.